The van der Waals surface area contributed by atoms with Crippen molar-refractivity contribution in [3.8, 4) is 0 Å². The van der Waals surface area contributed by atoms with Crippen molar-refractivity contribution in [2.45, 2.75) is 74.7 Å². The van der Waals surface area contributed by atoms with Gasteiger partial charge in [0.05, 0.1) is 17.5 Å². The van der Waals surface area contributed by atoms with Crippen LogP contribution in [0.1, 0.15) is 72.3 Å². The smallest absolute Gasteiger partial charge is 0.355 e. The summed E-state index contributed by atoms with van der Waals surface area (Å²) in [7, 11) is 0. The predicted octanol–water partition coefficient (Wildman–Crippen LogP) is 8.70. The highest BCUT2D eigenvalue weighted by Gasteiger charge is 2.40. The third kappa shape index (κ3) is 8.58. The van der Waals surface area contributed by atoms with E-state index in [-0.39, 0.29) is 36.4 Å². The Morgan fingerprint density at radius 2 is 1.36 bits per heavy atom. The Bertz CT molecular complexity index is 1380. The van der Waals surface area contributed by atoms with Crippen LogP contribution in [0.3, 0.4) is 0 Å². The molecule has 1 N–H and O–H groups in total. The topological polar surface area (TPSA) is 32.3 Å². The van der Waals surface area contributed by atoms with Crippen molar-refractivity contribution in [2.24, 2.45) is 0 Å². The molecular formula is C34H36ClF7N2O. The Hall–Kier alpha value is -3.11. The summed E-state index contributed by atoms with van der Waals surface area (Å²) in [4.78, 5) is 15.4. The SMILES string of the molecule is Cl.O=C(Cc1cc(C(F)(F)F)cc(C(F)(F)F)c1)NCC1(c2ccccc2)CCC(N2CCC(c3ccc(F)cc3)CC2)CC1. The molecule has 3 aromatic rings. The van der Waals surface area contributed by atoms with Crippen LogP contribution < -0.4 is 5.32 Å². The van der Waals surface area contributed by atoms with Gasteiger partial charge in [0.2, 0.25) is 5.91 Å². The van der Waals surface area contributed by atoms with Crippen LogP contribution in [0.15, 0.2) is 72.8 Å². The van der Waals surface area contributed by atoms with Gasteiger partial charge in [0.15, 0.2) is 0 Å². The van der Waals surface area contributed by atoms with Crippen LogP contribution >= 0.6 is 12.4 Å². The third-order valence-electron chi connectivity index (χ3n) is 9.32. The van der Waals surface area contributed by atoms with Crippen LogP contribution in [0, 0.1) is 5.82 Å². The standard InChI is InChI=1S/C34H35F7N2O.ClH/c35-29-8-6-24(7-9-29)25-12-16-43(17-13-25)30-10-14-32(15-11-30,26-4-2-1-3-5-26)22-42-31(44)20-23-18-27(33(36,37)38)21-28(19-23)34(39,40)41;/h1-9,18-19,21,25,30H,10-17,20,22H2,(H,42,44);1H. The number of hydrogen-bond donors (Lipinski definition) is 1. The van der Waals surface area contributed by atoms with Crippen molar-refractivity contribution in [1.29, 1.82) is 0 Å². The number of carbonyl (C=O) groups is 1. The normalized spacial score (nSPS) is 21.6. The number of nitrogens with one attached hydrogen (secondary N) is 1. The molecule has 0 spiro atoms. The lowest BCUT2D eigenvalue weighted by Gasteiger charge is -2.46. The molecule has 5 rings (SSSR count). The van der Waals surface area contributed by atoms with E-state index in [1.807, 2.05) is 42.5 Å². The number of likely N-dealkylation sites (tertiary alicyclic amines) is 1. The minimum atomic E-state index is -4.97. The molecule has 0 unspecified atom stereocenters. The van der Waals surface area contributed by atoms with Gasteiger partial charge < -0.3 is 10.2 Å². The molecule has 1 saturated carbocycles. The molecule has 11 heteroatoms. The van der Waals surface area contributed by atoms with Crippen LogP contribution in [0.4, 0.5) is 30.7 Å². The number of rotatable bonds is 7. The fourth-order valence-corrected chi connectivity index (χ4v) is 6.85. The summed E-state index contributed by atoms with van der Waals surface area (Å²) in [6, 6.07) is 18.1. The number of amides is 1. The van der Waals surface area contributed by atoms with E-state index in [4.69, 9.17) is 0 Å². The quantitative estimate of drug-likeness (QED) is 0.258. The van der Waals surface area contributed by atoms with Gasteiger partial charge in [0.1, 0.15) is 5.82 Å². The number of piperidine rings is 1. The van der Waals surface area contributed by atoms with Crippen molar-refractivity contribution >= 4 is 18.3 Å². The Morgan fingerprint density at radius 3 is 1.89 bits per heavy atom. The van der Waals surface area contributed by atoms with Crippen LogP contribution in [0.2, 0.25) is 0 Å². The highest BCUT2D eigenvalue weighted by atomic mass is 35.5. The lowest BCUT2D eigenvalue weighted by atomic mass is 9.67. The summed E-state index contributed by atoms with van der Waals surface area (Å²) < 4.78 is 93.1. The minimum Gasteiger partial charge on any atom is -0.355 e. The molecule has 0 radical (unpaired) electrons. The molecule has 3 aromatic carbocycles. The monoisotopic (exact) mass is 656 g/mol. The second kappa shape index (κ2) is 14.1. The first kappa shape index (κ1) is 34.8. The molecule has 244 valence electrons. The van der Waals surface area contributed by atoms with Crippen molar-refractivity contribution in [1.82, 2.24) is 10.2 Å². The minimum absolute atomic E-state index is 0. The Labute approximate surface area is 264 Å². The molecule has 1 aliphatic carbocycles. The zero-order valence-electron chi connectivity index (χ0n) is 24.6. The maximum Gasteiger partial charge on any atom is 0.416 e. The van der Waals surface area contributed by atoms with Gasteiger partial charge in [-0.2, -0.15) is 26.3 Å². The van der Waals surface area contributed by atoms with Crippen LogP contribution in [0.25, 0.3) is 0 Å². The molecule has 2 aliphatic rings. The first-order valence-electron chi connectivity index (χ1n) is 14.9. The molecule has 0 aromatic heterocycles. The summed E-state index contributed by atoms with van der Waals surface area (Å²) in [6.07, 6.45) is -5.20. The van der Waals surface area contributed by atoms with E-state index < -0.39 is 41.2 Å². The zero-order valence-corrected chi connectivity index (χ0v) is 25.4. The molecule has 1 amide bonds. The first-order chi connectivity index (χ1) is 20.8. The van der Waals surface area contributed by atoms with Gasteiger partial charge in [-0.25, -0.2) is 4.39 Å². The van der Waals surface area contributed by atoms with Crippen molar-refractivity contribution in [3.63, 3.8) is 0 Å². The fourth-order valence-electron chi connectivity index (χ4n) is 6.85. The summed E-state index contributed by atoms with van der Waals surface area (Å²) in [5, 5.41) is 2.84. The Balaban J connectivity index is 0.00000461. The van der Waals surface area contributed by atoms with E-state index >= 15 is 0 Å². The highest BCUT2D eigenvalue weighted by molar-refractivity contribution is 5.85. The maximum atomic E-state index is 13.3. The lowest BCUT2D eigenvalue weighted by Crippen LogP contribution is -2.49. The molecule has 1 saturated heterocycles. The van der Waals surface area contributed by atoms with Gasteiger partial charge in [-0.15, -0.1) is 12.4 Å². The number of halogens is 8. The van der Waals surface area contributed by atoms with Gasteiger partial charge in [-0.1, -0.05) is 42.5 Å². The molecule has 2 fully saturated rings. The second-order valence-electron chi connectivity index (χ2n) is 12.1. The van der Waals surface area contributed by atoms with Crippen molar-refractivity contribution < 1.29 is 35.5 Å². The number of benzene rings is 3. The number of hydrogen-bond acceptors (Lipinski definition) is 2. The lowest BCUT2D eigenvalue weighted by molar-refractivity contribution is -0.143. The van der Waals surface area contributed by atoms with E-state index in [1.165, 1.54) is 12.1 Å². The Morgan fingerprint density at radius 1 is 0.800 bits per heavy atom. The summed E-state index contributed by atoms with van der Waals surface area (Å²) in [6.45, 7) is 2.12. The Kier molecular flexibility index (Phi) is 10.9. The maximum absolute atomic E-state index is 13.3. The molecule has 3 nitrogen and oxygen atoms in total. The highest BCUT2D eigenvalue weighted by Crippen LogP contribution is 2.42. The third-order valence-corrected chi connectivity index (χ3v) is 9.32. The van der Waals surface area contributed by atoms with Gasteiger partial charge >= 0.3 is 12.4 Å². The van der Waals surface area contributed by atoms with Gasteiger partial charge in [-0.3, -0.25) is 4.79 Å². The van der Waals surface area contributed by atoms with Crippen LogP contribution in [-0.4, -0.2) is 36.5 Å². The average Bonchev–Trinajstić information content (AvgIpc) is 3.00. The summed E-state index contributed by atoms with van der Waals surface area (Å²) in [5.41, 5.74) is -1.40. The predicted molar refractivity (Wildman–Crippen MR) is 161 cm³/mol. The van der Waals surface area contributed by atoms with Gasteiger partial charge in [0.25, 0.3) is 0 Å². The van der Waals surface area contributed by atoms with E-state index in [0.29, 0.717) is 24.1 Å². The fraction of sp³-hybridized carbons (Fsp3) is 0.441. The average molecular weight is 657 g/mol. The summed E-state index contributed by atoms with van der Waals surface area (Å²) in [5.74, 6) is -0.464. The van der Waals surface area contributed by atoms with Crippen LogP contribution in [0.5, 0.6) is 0 Å². The molecule has 1 aliphatic heterocycles. The number of nitrogens with zero attached hydrogens (tertiary/aromatic N) is 1. The van der Waals surface area contributed by atoms with Gasteiger partial charge in [-0.05, 0) is 105 Å². The van der Waals surface area contributed by atoms with Crippen molar-refractivity contribution in [3.05, 3.63) is 106 Å². The first-order valence-corrected chi connectivity index (χ1v) is 14.9. The molecule has 0 atom stereocenters. The molecule has 0 bridgehead atoms. The molecule has 45 heavy (non-hydrogen) atoms. The number of carbonyl (C=O) groups excluding carboxylic acids is 1. The van der Waals surface area contributed by atoms with E-state index in [1.54, 1.807) is 0 Å². The van der Waals surface area contributed by atoms with E-state index in [0.717, 1.165) is 62.7 Å². The van der Waals surface area contributed by atoms with Gasteiger partial charge in [0, 0.05) is 18.0 Å². The largest absolute Gasteiger partial charge is 0.416 e. The van der Waals surface area contributed by atoms with E-state index in [2.05, 4.69) is 10.2 Å². The molecule has 1 heterocycles. The summed E-state index contributed by atoms with van der Waals surface area (Å²) >= 11 is 0. The van der Waals surface area contributed by atoms with E-state index in [9.17, 15) is 35.5 Å². The second-order valence-corrected chi connectivity index (χ2v) is 12.1. The van der Waals surface area contributed by atoms with Crippen molar-refractivity contribution in [2.75, 3.05) is 19.6 Å². The van der Waals surface area contributed by atoms with Crippen LogP contribution in [-0.2, 0) is 29.0 Å². The molecular weight excluding hydrogens is 621 g/mol. The number of alkyl halides is 6. The zero-order chi connectivity index (χ0) is 31.5.